The molecule has 4 N–H and O–H groups in total. The minimum Gasteiger partial charge on any atom is -0.422 e. The fraction of sp³-hybridized carbons (Fsp3) is 0.900. The maximum absolute atomic E-state index is 12.3. The molecule has 0 spiro atoms. The van der Waals surface area contributed by atoms with Crippen LogP contribution < -0.4 is 11.5 Å². The van der Waals surface area contributed by atoms with Crippen LogP contribution in [0.1, 0.15) is 97.3 Å². The molecule has 0 radical (unpaired) electrons. The molecule has 0 bridgehead atoms. The van der Waals surface area contributed by atoms with E-state index in [1.54, 1.807) is 0 Å². The second-order valence-electron chi connectivity index (χ2n) is 6.91. The molecule has 0 saturated carbocycles. The zero-order valence-electron chi connectivity index (χ0n) is 16.9. The van der Waals surface area contributed by atoms with Crippen LogP contribution in [0.2, 0.25) is 0 Å². The van der Waals surface area contributed by atoms with E-state index in [0.29, 0.717) is 38.8 Å². The monoisotopic (exact) mass is 372 g/mol. The van der Waals surface area contributed by atoms with Crippen LogP contribution in [0.25, 0.3) is 0 Å². The van der Waals surface area contributed by atoms with Crippen LogP contribution >= 0.6 is 0 Å². The first-order chi connectivity index (χ1) is 12.5. The number of nitrogens with two attached hydrogens (primary N) is 2. The van der Waals surface area contributed by atoms with Crippen molar-refractivity contribution in [3.8, 4) is 0 Å². The molecule has 0 aliphatic carbocycles. The van der Waals surface area contributed by atoms with Gasteiger partial charge in [0.2, 0.25) is 0 Å². The maximum Gasteiger partial charge on any atom is 0.309 e. The van der Waals surface area contributed by atoms with Gasteiger partial charge >= 0.3 is 11.9 Å². The fourth-order valence-corrected chi connectivity index (χ4v) is 2.87. The molecule has 26 heavy (non-hydrogen) atoms. The molecule has 0 aromatic heterocycles. The Morgan fingerprint density at radius 1 is 0.692 bits per heavy atom. The van der Waals surface area contributed by atoms with Crippen molar-refractivity contribution in [2.75, 3.05) is 13.1 Å². The first-order valence-electron chi connectivity index (χ1n) is 10.4. The van der Waals surface area contributed by atoms with E-state index < -0.39 is 5.79 Å². The maximum atomic E-state index is 12.3. The van der Waals surface area contributed by atoms with Crippen molar-refractivity contribution < 1.29 is 19.1 Å². The van der Waals surface area contributed by atoms with Gasteiger partial charge in [-0.2, -0.15) is 0 Å². The van der Waals surface area contributed by atoms with E-state index in [9.17, 15) is 9.59 Å². The van der Waals surface area contributed by atoms with E-state index >= 15 is 0 Å². The topological polar surface area (TPSA) is 105 Å². The van der Waals surface area contributed by atoms with Crippen molar-refractivity contribution in [1.82, 2.24) is 0 Å². The molecule has 154 valence electrons. The van der Waals surface area contributed by atoms with Crippen molar-refractivity contribution >= 4 is 11.9 Å². The van der Waals surface area contributed by atoms with Gasteiger partial charge in [0.05, 0.1) is 0 Å². The van der Waals surface area contributed by atoms with E-state index in [-0.39, 0.29) is 11.9 Å². The standard InChI is InChI=1S/C20H40N2O4/c1-3-5-15-20(14-4-2,25-18(23)12-8-6-10-16-21)26-19(24)13-9-7-11-17-22/h3-17,21-22H2,1-2H3. The van der Waals surface area contributed by atoms with Crippen LogP contribution in [0.15, 0.2) is 0 Å². The molecule has 6 nitrogen and oxygen atoms in total. The number of hydrogen-bond donors (Lipinski definition) is 2. The van der Waals surface area contributed by atoms with Crippen molar-refractivity contribution in [3.05, 3.63) is 0 Å². The minimum atomic E-state index is -1.11. The number of ether oxygens (including phenoxy) is 2. The van der Waals surface area contributed by atoms with Gasteiger partial charge in [-0.3, -0.25) is 9.59 Å². The zero-order chi connectivity index (χ0) is 19.7. The van der Waals surface area contributed by atoms with Gasteiger partial charge in [-0.05, 0) is 51.6 Å². The number of rotatable bonds is 17. The number of carbonyl (C=O) groups is 2. The average Bonchev–Trinajstić information content (AvgIpc) is 2.61. The van der Waals surface area contributed by atoms with Crippen molar-refractivity contribution in [1.29, 1.82) is 0 Å². The molecule has 0 atom stereocenters. The molecule has 0 rings (SSSR count). The Labute approximate surface area is 159 Å². The SMILES string of the molecule is CCCCC(CCC)(OC(=O)CCCCCN)OC(=O)CCCCCN. The molecular weight excluding hydrogens is 332 g/mol. The largest absolute Gasteiger partial charge is 0.422 e. The van der Waals surface area contributed by atoms with Crippen LogP contribution in [-0.2, 0) is 19.1 Å². The molecule has 0 aliphatic rings. The molecule has 0 aliphatic heterocycles. The molecule has 0 aromatic rings. The molecule has 0 unspecified atom stereocenters. The van der Waals surface area contributed by atoms with Gasteiger partial charge in [0.15, 0.2) is 0 Å². The summed E-state index contributed by atoms with van der Waals surface area (Å²) in [5, 5.41) is 0. The van der Waals surface area contributed by atoms with E-state index in [4.69, 9.17) is 20.9 Å². The summed E-state index contributed by atoms with van der Waals surface area (Å²) in [7, 11) is 0. The van der Waals surface area contributed by atoms with E-state index in [1.807, 2.05) is 6.92 Å². The summed E-state index contributed by atoms with van der Waals surface area (Å²) in [5.74, 6) is -1.69. The van der Waals surface area contributed by atoms with Gasteiger partial charge in [-0.1, -0.05) is 33.1 Å². The quantitative estimate of drug-likeness (QED) is 0.229. The van der Waals surface area contributed by atoms with Gasteiger partial charge in [0.1, 0.15) is 0 Å². The smallest absolute Gasteiger partial charge is 0.309 e. The number of unbranched alkanes of at least 4 members (excludes halogenated alkanes) is 5. The van der Waals surface area contributed by atoms with Crippen molar-refractivity contribution in [2.24, 2.45) is 11.5 Å². The number of esters is 2. The third kappa shape index (κ3) is 12.3. The Morgan fingerprint density at radius 2 is 1.19 bits per heavy atom. The highest BCUT2D eigenvalue weighted by Gasteiger charge is 2.37. The summed E-state index contributed by atoms with van der Waals surface area (Å²) in [6.07, 6.45) is 9.47. The van der Waals surface area contributed by atoms with Crippen LogP contribution in [0.4, 0.5) is 0 Å². The molecule has 0 fully saturated rings. The zero-order valence-corrected chi connectivity index (χ0v) is 16.9. The molecule has 0 aromatic carbocycles. The lowest BCUT2D eigenvalue weighted by Crippen LogP contribution is -2.40. The predicted molar refractivity (Wildman–Crippen MR) is 104 cm³/mol. The normalized spacial score (nSPS) is 11.4. The second kappa shape index (κ2) is 16.1. The summed E-state index contributed by atoms with van der Waals surface area (Å²) < 4.78 is 11.5. The van der Waals surface area contributed by atoms with Gasteiger partial charge in [-0.15, -0.1) is 0 Å². The minimum absolute atomic E-state index is 0.289. The van der Waals surface area contributed by atoms with Crippen LogP contribution in [0.3, 0.4) is 0 Å². The number of hydrogen-bond acceptors (Lipinski definition) is 6. The van der Waals surface area contributed by atoms with Gasteiger partial charge in [0, 0.05) is 25.7 Å². The lowest BCUT2D eigenvalue weighted by Gasteiger charge is -2.33. The first kappa shape index (κ1) is 24.9. The van der Waals surface area contributed by atoms with E-state index in [1.165, 1.54) is 0 Å². The summed E-state index contributed by atoms with van der Waals surface area (Å²) >= 11 is 0. The van der Waals surface area contributed by atoms with Crippen LogP contribution in [0, 0.1) is 0 Å². The summed E-state index contributed by atoms with van der Waals surface area (Å²) in [4.78, 5) is 24.6. The van der Waals surface area contributed by atoms with E-state index in [2.05, 4.69) is 6.92 Å². The molecule has 0 saturated heterocycles. The summed E-state index contributed by atoms with van der Waals surface area (Å²) in [6, 6.07) is 0. The average molecular weight is 373 g/mol. The van der Waals surface area contributed by atoms with Crippen LogP contribution in [0.5, 0.6) is 0 Å². The third-order valence-corrected chi connectivity index (χ3v) is 4.31. The lowest BCUT2D eigenvalue weighted by molar-refractivity contribution is -0.234. The Balaban J connectivity index is 4.74. The van der Waals surface area contributed by atoms with E-state index in [0.717, 1.165) is 57.8 Å². The Hall–Kier alpha value is -1.14. The Kier molecular flexibility index (Phi) is 15.4. The summed E-state index contributed by atoms with van der Waals surface area (Å²) in [6.45, 7) is 5.34. The molecule has 0 heterocycles. The summed E-state index contributed by atoms with van der Waals surface area (Å²) in [5.41, 5.74) is 10.9. The van der Waals surface area contributed by atoms with Gasteiger partial charge < -0.3 is 20.9 Å². The highest BCUT2D eigenvalue weighted by molar-refractivity contribution is 5.72. The predicted octanol–water partition coefficient (Wildman–Crippen LogP) is 3.80. The number of carbonyl (C=O) groups excluding carboxylic acids is 2. The highest BCUT2D eigenvalue weighted by Crippen LogP contribution is 2.29. The Morgan fingerprint density at radius 3 is 1.58 bits per heavy atom. The third-order valence-electron chi connectivity index (χ3n) is 4.31. The molecular formula is C20H40N2O4. The van der Waals surface area contributed by atoms with Crippen LogP contribution in [-0.4, -0.2) is 30.8 Å². The lowest BCUT2D eigenvalue weighted by atomic mass is 10.0. The van der Waals surface area contributed by atoms with Gasteiger partial charge in [-0.25, -0.2) is 0 Å². The molecule has 0 amide bonds. The first-order valence-corrected chi connectivity index (χ1v) is 10.4. The highest BCUT2D eigenvalue weighted by atomic mass is 16.7. The molecule has 6 heteroatoms. The fourth-order valence-electron chi connectivity index (χ4n) is 2.87. The second-order valence-corrected chi connectivity index (χ2v) is 6.91. The van der Waals surface area contributed by atoms with Gasteiger partial charge in [0.25, 0.3) is 5.79 Å². The van der Waals surface area contributed by atoms with Crippen molar-refractivity contribution in [3.63, 3.8) is 0 Å². The van der Waals surface area contributed by atoms with Crippen molar-refractivity contribution in [2.45, 2.75) is 103 Å². The Bertz CT molecular complexity index is 349.